The third-order valence-corrected chi connectivity index (χ3v) is 12.3. The number of hydrogen-bond acceptors (Lipinski definition) is 3. The van der Waals surface area contributed by atoms with Crippen LogP contribution in [0.5, 0.6) is 5.75 Å². The Balaban J connectivity index is 1.95. The van der Waals surface area contributed by atoms with Gasteiger partial charge >= 0.3 is 0 Å². The molecule has 1 fully saturated rings. The summed E-state index contributed by atoms with van der Waals surface area (Å²) in [6.07, 6.45) is -0.460. The molecule has 0 radical (unpaired) electrons. The number of ether oxygens (including phenoxy) is 1. The molecule has 4 nitrogen and oxygen atoms in total. The van der Waals surface area contributed by atoms with Gasteiger partial charge in [0.05, 0.1) is 12.5 Å². The molecule has 162 valence electrons. The maximum Gasteiger partial charge on any atom is 0.258 e. The number of benzene rings is 2. The van der Waals surface area contributed by atoms with E-state index in [1.807, 2.05) is 54.6 Å². The maximum absolute atomic E-state index is 12.5. The van der Waals surface area contributed by atoms with Crippen molar-refractivity contribution in [3.63, 3.8) is 0 Å². The zero-order chi connectivity index (χ0) is 21.9. The van der Waals surface area contributed by atoms with Crippen LogP contribution in [-0.2, 0) is 9.53 Å². The highest BCUT2D eigenvalue weighted by molar-refractivity contribution is 6.78. The Morgan fingerprint density at radius 1 is 0.900 bits per heavy atom. The lowest BCUT2D eigenvalue weighted by Gasteiger charge is -2.43. The van der Waals surface area contributed by atoms with Crippen LogP contribution in [0.4, 0.5) is 0 Å². The summed E-state index contributed by atoms with van der Waals surface area (Å²) in [5.41, 5.74) is 3.30. The molecule has 1 N–H and O–H groups in total. The van der Waals surface area contributed by atoms with E-state index in [4.69, 9.17) is 9.16 Å². The van der Waals surface area contributed by atoms with E-state index in [0.717, 1.165) is 16.9 Å². The summed E-state index contributed by atoms with van der Waals surface area (Å²) < 4.78 is 13.3. The molecular weight excluding hydrogens is 390 g/mol. The zero-order valence-electron chi connectivity index (χ0n) is 19.0. The molecule has 1 saturated heterocycles. The number of amides is 1. The SMILES string of the molecule is CC(C)[Si](Oc1ccccc1[C@@H]1NC(=O)C[C@@H](c2ccccc2)O1)(C(C)C)C(C)C. The quantitative estimate of drug-likeness (QED) is 0.514. The molecule has 1 aliphatic rings. The van der Waals surface area contributed by atoms with Crippen molar-refractivity contribution in [3.05, 3.63) is 65.7 Å². The average molecular weight is 426 g/mol. The summed E-state index contributed by atoms with van der Waals surface area (Å²) in [5, 5.41) is 3.02. The van der Waals surface area contributed by atoms with E-state index in [1.54, 1.807) is 0 Å². The van der Waals surface area contributed by atoms with E-state index in [9.17, 15) is 4.79 Å². The molecule has 0 aliphatic carbocycles. The standard InChI is InChI=1S/C25H35NO3Si/c1-17(2)30(18(3)4,19(5)6)29-22-15-11-10-14-21(22)25-26-24(27)16-23(28-25)20-12-8-7-9-13-20/h7-15,17-19,23,25H,16H2,1-6H3,(H,26,27)/t23-,25+/m0/s1. The Kier molecular flexibility index (Phi) is 7.04. The van der Waals surface area contributed by atoms with Crippen molar-refractivity contribution >= 4 is 14.2 Å². The van der Waals surface area contributed by atoms with Crippen molar-refractivity contribution in [3.8, 4) is 5.75 Å². The Bertz CT molecular complexity index is 829. The molecule has 0 unspecified atom stereocenters. The van der Waals surface area contributed by atoms with Gasteiger partial charge in [-0.3, -0.25) is 4.79 Å². The molecule has 2 atom stereocenters. The first-order chi connectivity index (χ1) is 14.3. The monoisotopic (exact) mass is 425 g/mol. The first-order valence-corrected chi connectivity index (χ1v) is 13.2. The van der Waals surface area contributed by atoms with E-state index < -0.39 is 14.5 Å². The Labute approximate surface area is 182 Å². The van der Waals surface area contributed by atoms with Crippen molar-refractivity contribution in [1.82, 2.24) is 5.32 Å². The van der Waals surface area contributed by atoms with Crippen LogP contribution in [0.3, 0.4) is 0 Å². The van der Waals surface area contributed by atoms with Crippen molar-refractivity contribution in [2.24, 2.45) is 0 Å². The first kappa shape index (κ1) is 22.6. The van der Waals surface area contributed by atoms with Crippen molar-refractivity contribution in [2.45, 2.75) is 76.9 Å². The molecule has 3 rings (SSSR count). The maximum atomic E-state index is 12.5. The second kappa shape index (κ2) is 9.35. The zero-order valence-corrected chi connectivity index (χ0v) is 20.0. The number of para-hydroxylation sites is 1. The van der Waals surface area contributed by atoms with Gasteiger partial charge in [-0.15, -0.1) is 0 Å². The van der Waals surface area contributed by atoms with Crippen LogP contribution in [0.1, 0.15) is 71.4 Å². The Morgan fingerprint density at radius 3 is 2.07 bits per heavy atom. The first-order valence-electron chi connectivity index (χ1n) is 11.0. The third-order valence-electron chi connectivity index (χ3n) is 6.33. The summed E-state index contributed by atoms with van der Waals surface area (Å²) >= 11 is 0. The minimum atomic E-state index is -2.13. The topological polar surface area (TPSA) is 47.6 Å². The molecular formula is C25H35NO3Si. The average Bonchev–Trinajstić information content (AvgIpc) is 2.71. The normalized spacial score (nSPS) is 20.0. The summed E-state index contributed by atoms with van der Waals surface area (Å²) in [7, 11) is -2.13. The van der Waals surface area contributed by atoms with Gasteiger partial charge in [0.1, 0.15) is 5.75 Å². The molecule has 0 aromatic heterocycles. The highest BCUT2D eigenvalue weighted by Crippen LogP contribution is 2.44. The number of carbonyl (C=O) groups is 1. The van der Waals surface area contributed by atoms with Gasteiger partial charge in [-0.2, -0.15) is 0 Å². The van der Waals surface area contributed by atoms with Crippen molar-refractivity contribution in [1.29, 1.82) is 0 Å². The number of carbonyl (C=O) groups excluding carboxylic acids is 1. The molecule has 0 saturated carbocycles. The van der Waals surface area contributed by atoms with Gasteiger partial charge in [-0.05, 0) is 28.3 Å². The molecule has 0 bridgehead atoms. The van der Waals surface area contributed by atoms with Crippen LogP contribution in [0.15, 0.2) is 54.6 Å². The van der Waals surface area contributed by atoms with Gasteiger partial charge in [-0.25, -0.2) is 0 Å². The van der Waals surface area contributed by atoms with Crippen LogP contribution >= 0.6 is 0 Å². The number of hydrogen-bond donors (Lipinski definition) is 1. The highest BCUT2D eigenvalue weighted by Gasteiger charge is 2.47. The lowest BCUT2D eigenvalue weighted by Crippen LogP contribution is -2.51. The predicted molar refractivity (Wildman–Crippen MR) is 124 cm³/mol. The van der Waals surface area contributed by atoms with E-state index in [1.165, 1.54) is 0 Å². The van der Waals surface area contributed by atoms with Crippen molar-refractivity contribution < 1.29 is 14.0 Å². The van der Waals surface area contributed by atoms with Gasteiger partial charge in [0, 0.05) is 5.56 Å². The second-order valence-electron chi connectivity index (χ2n) is 9.14. The van der Waals surface area contributed by atoms with Crippen LogP contribution < -0.4 is 9.74 Å². The van der Waals surface area contributed by atoms with Gasteiger partial charge in [-0.1, -0.05) is 90.1 Å². The molecule has 2 aromatic rings. The van der Waals surface area contributed by atoms with Crippen molar-refractivity contribution in [2.75, 3.05) is 0 Å². The summed E-state index contributed by atoms with van der Waals surface area (Å²) in [4.78, 5) is 12.5. The fraction of sp³-hybridized carbons (Fsp3) is 0.480. The Hall–Kier alpha value is -2.11. The molecule has 5 heteroatoms. The van der Waals surface area contributed by atoms with Crippen LogP contribution in [0, 0.1) is 0 Å². The highest BCUT2D eigenvalue weighted by atomic mass is 28.4. The summed E-state index contributed by atoms with van der Waals surface area (Å²) in [6.45, 7) is 13.7. The molecule has 30 heavy (non-hydrogen) atoms. The molecule has 1 amide bonds. The molecule has 1 aliphatic heterocycles. The minimum Gasteiger partial charge on any atom is -0.542 e. The van der Waals surface area contributed by atoms with Gasteiger partial charge < -0.3 is 14.5 Å². The molecule has 0 spiro atoms. The molecule has 2 aromatic carbocycles. The van der Waals surface area contributed by atoms with E-state index in [-0.39, 0.29) is 12.0 Å². The molecule has 1 heterocycles. The Morgan fingerprint density at radius 2 is 1.47 bits per heavy atom. The summed E-state index contributed by atoms with van der Waals surface area (Å²) in [6, 6.07) is 18.0. The van der Waals surface area contributed by atoms with Crippen LogP contribution in [0.2, 0.25) is 16.6 Å². The number of rotatable bonds is 7. The van der Waals surface area contributed by atoms with E-state index in [2.05, 4.69) is 46.9 Å². The largest absolute Gasteiger partial charge is 0.542 e. The van der Waals surface area contributed by atoms with Gasteiger partial charge in [0.15, 0.2) is 6.23 Å². The predicted octanol–water partition coefficient (Wildman–Crippen LogP) is 6.52. The van der Waals surface area contributed by atoms with Gasteiger partial charge in [0.2, 0.25) is 5.91 Å². The van der Waals surface area contributed by atoms with Crippen LogP contribution in [-0.4, -0.2) is 14.2 Å². The number of nitrogens with one attached hydrogen (secondary N) is 1. The van der Waals surface area contributed by atoms with E-state index >= 15 is 0 Å². The van der Waals surface area contributed by atoms with Gasteiger partial charge in [0.25, 0.3) is 8.32 Å². The smallest absolute Gasteiger partial charge is 0.258 e. The summed E-state index contributed by atoms with van der Waals surface area (Å²) in [5.74, 6) is 0.828. The lowest BCUT2D eigenvalue weighted by molar-refractivity contribution is -0.143. The van der Waals surface area contributed by atoms with E-state index in [0.29, 0.717) is 23.0 Å². The fourth-order valence-corrected chi connectivity index (χ4v) is 10.2. The second-order valence-corrected chi connectivity index (χ2v) is 14.5. The lowest BCUT2D eigenvalue weighted by atomic mass is 10.0. The fourth-order valence-electron chi connectivity index (χ4n) is 4.97. The minimum absolute atomic E-state index is 0.00464. The van der Waals surface area contributed by atoms with Crippen LogP contribution in [0.25, 0.3) is 0 Å². The third kappa shape index (κ3) is 4.47.